The van der Waals surface area contributed by atoms with Crippen LogP contribution in [0.4, 0.5) is 4.39 Å². The lowest BCUT2D eigenvalue weighted by Crippen LogP contribution is -2.40. The summed E-state index contributed by atoms with van der Waals surface area (Å²) < 4.78 is 13.4. The maximum atomic E-state index is 13.4. The van der Waals surface area contributed by atoms with Gasteiger partial charge in [0.15, 0.2) is 0 Å². The number of aliphatic hydroxyl groups is 1. The van der Waals surface area contributed by atoms with Crippen molar-refractivity contribution in [2.45, 2.75) is 25.5 Å². The van der Waals surface area contributed by atoms with Crippen LogP contribution in [0, 0.1) is 12.7 Å². The molecule has 6 heteroatoms. The van der Waals surface area contributed by atoms with Gasteiger partial charge in [-0.05, 0) is 24.6 Å². The van der Waals surface area contributed by atoms with E-state index in [0.29, 0.717) is 5.56 Å². The molecule has 0 saturated carbocycles. The Hall–Kier alpha value is -1.95. The van der Waals surface area contributed by atoms with Crippen LogP contribution in [0.25, 0.3) is 0 Å². The molecule has 1 unspecified atom stereocenters. The number of aliphatic carboxylic acids is 1. The van der Waals surface area contributed by atoms with E-state index in [1.807, 2.05) is 0 Å². The molecule has 0 aliphatic carbocycles. The van der Waals surface area contributed by atoms with Crippen LogP contribution in [0.5, 0.6) is 0 Å². The van der Waals surface area contributed by atoms with Crippen molar-refractivity contribution < 1.29 is 24.2 Å². The maximum Gasteiger partial charge on any atom is 0.326 e. The second kappa shape index (κ2) is 4.97. The molecule has 5 nitrogen and oxygen atoms in total. The summed E-state index contributed by atoms with van der Waals surface area (Å²) in [5, 5.41) is 18.5. The van der Waals surface area contributed by atoms with E-state index in [1.165, 1.54) is 12.1 Å². The molecule has 1 amide bonds. The van der Waals surface area contributed by atoms with Gasteiger partial charge >= 0.3 is 5.97 Å². The topological polar surface area (TPSA) is 77.8 Å². The molecule has 0 radical (unpaired) electrons. The molecule has 1 aromatic rings. The number of halogens is 1. The van der Waals surface area contributed by atoms with Crippen molar-refractivity contribution in [2.24, 2.45) is 0 Å². The fourth-order valence-electron chi connectivity index (χ4n) is 2.16. The average molecular weight is 267 g/mol. The predicted octanol–water partition coefficient (Wildman–Crippen LogP) is 0.794. The smallest absolute Gasteiger partial charge is 0.326 e. The lowest BCUT2D eigenvalue weighted by atomic mass is 10.1. The lowest BCUT2D eigenvalue weighted by Gasteiger charge is -2.21. The molecule has 1 aliphatic rings. The normalized spacial score (nSPS) is 22.6. The minimum Gasteiger partial charge on any atom is -0.480 e. The Morgan fingerprint density at radius 2 is 2.11 bits per heavy atom. The number of carbonyl (C=O) groups excluding carboxylic acids is 1. The molecule has 1 saturated heterocycles. The number of amides is 1. The third-order valence-electron chi connectivity index (χ3n) is 3.24. The summed E-state index contributed by atoms with van der Waals surface area (Å²) in [4.78, 5) is 24.3. The molecule has 1 heterocycles. The quantitative estimate of drug-likeness (QED) is 0.830. The van der Waals surface area contributed by atoms with Crippen LogP contribution in [-0.2, 0) is 4.79 Å². The van der Waals surface area contributed by atoms with Crippen molar-refractivity contribution in [3.63, 3.8) is 0 Å². The van der Waals surface area contributed by atoms with E-state index >= 15 is 0 Å². The second-order valence-corrected chi connectivity index (χ2v) is 4.67. The van der Waals surface area contributed by atoms with E-state index in [1.54, 1.807) is 6.92 Å². The van der Waals surface area contributed by atoms with Gasteiger partial charge in [-0.2, -0.15) is 0 Å². The van der Waals surface area contributed by atoms with Gasteiger partial charge in [0.25, 0.3) is 5.91 Å². The van der Waals surface area contributed by atoms with Crippen LogP contribution in [-0.4, -0.2) is 45.7 Å². The van der Waals surface area contributed by atoms with Gasteiger partial charge in [-0.1, -0.05) is 6.07 Å². The number of benzene rings is 1. The number of aliphatic hydroxyl groups excluding tert-OH is 1. The highest BCUT2D eigenvalue weighted by Crippen LogP contribution is 2.21. The molecular weight excluding hydrogens is 253 g/mol. The number of carbonyl (C=O) groups is 2. The number of likely N-dealkylation sites (tertiary alicyclic amines) is 1. The van der Waals surface area contributed by atoms with Crippen LogP contribution in [0.15, 0.2) is 18.2 Å². The van der Waals surface area contributed by atoms with Crippen molar-refractivity contribution in [1.82, 2.24) is 4.90 Å². The first-order valence-electron chi connectivity index (χ1n) is 5.88. The Kier molecular flexibility index (Phi) is 3.53. The van der Waals surface area contributed by atoms with E-state index < -0.39 is 29.8 Å². The minimum atomic E-state index is -1.17. The molecule has 0 aromatic heterocycles. The molecule has 0 bridgehead atoms. The number of carboxylic acids is 1. The second-order valence-electron chi connectivity index (χ2n) is 4.67. The molecular formula is C13H14FNO4. The average Bonchev–Trinajstić information content (AvgIpc) is 2.74. The highest BCUT2D eigenvalue weighted by atomic mass is 19.1. The Morgan fingerprint density at radius 1 is 1.42 bits per heavy atom. The van der Waals surface area contributed by atoms with Crippen LogP contribution >= 0.6 is 0 Å². The Labute approximate surface area is 109 Å². The SMILES string of the molecule is Cc1ccc(C(=O)N2CC(O)C[C@H]2C(=O)O)cc1F. The van der Waals surface area contributed by atoms with Gasteiger partial charge in [0, 0.05) is 18.5 Å². The molecule has 1 fully saturated rings. The monoisotopic (exact) mass is 267 g/mol. The van der Waals surface area contributed by atoms with E-state index in [2.05, 4.69) is 0 Å². The summed E-state index contributed by atoms with van der Waals surface area (Å²) in [6.45, 7) is 1.52. The molecule has 2 rings (SSSR count). The fourth-order valence-corrected chi connectivity index (χ4v) is 2.16. The number of hydrogen-bond acceptors (Lipinski definition) is 3. The first-order valence-corrected chi connectivity index (χ1v) is 5.88. The van der Waals surface area contributed by atoms with Crippen molar-refractivity contribution in [1.29, 1.82) is 0 Å². The lowest BCUT2D eigenvalue weighted by molar-refractivity contribution is -0.141. The van der Waals surface area contributed by atoms with Gasteiger partial charge in [-0.15, -0.1) is 0 Å². The zero-order valence-electron chi connectivity index (χ0n) is 10.3. The van der Waals surface area contributed by atoms with Crippen molar-refractivity contribution >= 4 is 11.9 Å². The summed E-state index contributed by atoms with van der Waals surface area (Å²) >= 11 is 0. The molecule has 0 spiro atoms. The summed E-state index contributed by atoms with van der Waals surface area (Å²) in [5.41, 5.74) is 0.497. The van der Waals surface area contributed by atoms with Gasteiger partial charge < -0.3 is 15.1 Å². The van der Waals surface area contributed by atoms with E-state index in [9.17, 15) is 19.1 Å². The maximum absolute atomic E-state index is 13.4. The number of hydrogen-bond donors (Lipinski definition) is 2. The van der Waals surface area contributed by atoms with Gasteiger partial charge in [0.05, 0.1) is 6.10 Å². The van der Waals surface area contributed by atoms with Crippen LogP contribution in [0.3, 0.4) is 0 Å². The largest absolute Gasteiger partial charge is 0.480 e. The Bertz CT molecular complexity index is 531. The summed E-state index contributed by atoms with van der Waals surface area (Å²) in [7, 11) is 0. The van der Waals surface area contributed by atoms with Gasteiger partial charge in [-0.25, -0.2) is 9.18 Å². The Morgan fingerprint density at radius 3 is 2.68 bits per heavy atom. The number of nitrogens with zero attached hydrogens (tertiary/aromatic N) is 1. The van der Waals surface area contributed by atoms with Crippen LogP contribution in [0.2, 0.25) is 0 Å². The van der Waals surface area contributed by atoms with Gasteiger partial charge in [0.1, 0.15) is 11.9 Å². The predicted molar refractivity (Wildman–Crippen MR) is 64.2 cm³/mol. The number of β-amino-alcohol motifs (C(OH)–C–C–N with tert-alkyl or cyclic N) is 1. The number of rotatable bonds is 2. The van der Waals surface area contributed by atoms with Crippen molar-refractivity contribution in [3.05, 3.63) is 35.1 Å². The molecule has 1 aliphatic heterocycles. The zero-order chi connectivity index (χ0) is 14.2. The first-order chi connectivity index (χ1) is 8.90. The molecule has 19 heavy (non-hydrogen) atoms. The Balaban J connectivity index is 2.27. The minimum absolute atomic E-state index is 0.00455. The van der Waals surface area contributed by atoms with Gasteiger partial charge in [0.2, 0.25) is 0 Å². The molecule has 2 N–H and O–H groups in total. The van der Waals surface area contributed by atoms with Gasteiger partial charge in [-0.3, -0.25) is 4.79 Å². The summed E-state index contributed by atoms with van der Waals surface area (Å²) in [6.07, 6.45) is -0.865. The van der Waals surface area contributed by atoms with Crippen molar-refractivity contribution in [3.8, 4) is 0 Å². The van der Waals surface area contributed by atoms with E-state index in [4.69, 9.17) is 5.11 Å². The molecule has 102 valence electrons. The number of aryl methyl sites for hydroxylation is 1. The standard InChI is InChI=1S/C13H14FNO4/c1-7-2-3-8(4-10(7)14)12(17)15-6-9(16)5-11(15)13(18)19/h2-4,9,11,16H,5-6H2,1H3,(H,18,19)/t9?,11-/m0/s1. The third-order valence-corrected chi connectivity index (χ3v) is 3.24. The van der Waals surface area contributed by atoms with Crippen LogP contribution in [0.1, 0.15) is 22.3 Å². The zero-order valence-corrected chi connectivity index (χ0v) is 10.3. The number of carboxylic acid groups (broad SMARTS) is 1. The van der Waals surface area contributed by atoms with Crippen molar-refractivity contribution in [2.75, 3.05) is 6.54 Å². The third kappa shape index (κ3) is 2.58. The summed E-state index contributed by atoms with van der Waals surface area (Å²) in [5.74, 6) is -2.27. The molecule has 1 aromatic carbocycles. The van der Waals surface area contributed by atoms with Crippen LogP contribution < -0.4 is 0 Å². The highest BCUT2D eigenvalue weighted by Gasteiger charge is 2.39. The van der Waals surface area contributed by atoms with E-state index in [0.717, 1.165) is 11.0 Å². The van der Waals surface area contributed by atoms with E-state index in [-0.39, 0.29) is 18.5 Å². The fraction of sp³-hybridized carbons (Fsp3) is 0.385. The first kappa shape index (κ1) is 13.5. The summed E-state index contributed by atoms with van der Waals surface area (Å²) in [6, 6.07) is 2.93. The molecule has 2 atom stereocenters. The highest BCUT2D eigenvalue weighted by molar-refractivity contribution is 5.97.